The van der Waals surface area contributed by atoms with Crippen LogP contribution in [0.5, 0.6) is 11.5 Å². The predicted molar refractivity (Wildman–Crippen MR) is 107 cm³/mol. The van der Waals surface area contributed by atoms with Crippen molar-refractivity contribution < 1.29 is 38.4 Å². The first-order chi connectivity index (χ1) is 14.3. The molecule has 0 aromatic heterocycles. The Morgan fingerprint density at radius 1 is 1.03 bits per heavy atom. The fraction of sp³-hybridized carbons (Fsp3) is 0.318. The van der Waals surface area contributed by atoms with E-state index in [1.165, 1.54) is 26.4 Å². The smallest absolute Gasteiger partial charge is 0.338 e. The summed E-state index contributed by atoms with van der Waals surface area (Å²) in [6.07, 6.45) is 0.251. The van der Waals surface area contributed by atoms with Gasteiger partial charge in [0.15, 0.2) is 0 Å². The van der Waals surface area contributed by atoms with Crippen molar-refractivity contribution in [2.75, 3.05) is 20.8 Å². The van der Waals surface area contributed by atoms with Crippen LogP contribution in [0.25, 0.3) is 0 Å². The SMILES string of the molecule is COc1cccc(C(=O)O)c1.COc1cccc(C(=O)OCC2CC(C)C(=O)O2)c1. The molecule has 1 heterocycles. The lowest BCUT2D eigenvalue weighted by Crippen LogP contribution is -2.18. The van der Waals surface area contributed by atoms with Crippen LogP contribution in [0.15, 0.2) is 48.5 Å². The monoisotopic (exact) mass is 416 g/mol. The van der Waals surface area contributed by atoms with E-state index in [9.17, 15) is 14.4 Å². The normalized spacial score (nSPS) is 17.2. The maximum Gasteiger partial charge on any atom is 0.338 e. The third-order valence-corrected chi connectivity index (χ3v) is 4.32. The molecule has 0 bridgehead atoms. The van der Waals surface area contributed by atoms with Crippen LogP contribution in [-0.4, -0.2) is 49.9 Å². The molecule has 2 unspecified atom stereocenters. The molecule has 0 spiro atoms. The molecule has 1 saturated heterocycles. The first-order valence-electron chi connectivity index (χ1n) is 9.23. The fourth-order valence-electron chi connectivity index (χ4n) is 2.68. The van der Waals surface area contributed by atoms with Crippen molar-refractivity contribution in [3.8, 4) is 11.5 Å². The molecule has 8 heteroatoms. The van der Waals surface area contributed by atoms with Gasteiger partial charge in [0.25, 0.3) is 0 Å². The van der Waals surface area contributed by atoms with Crippen LogP contribution in [0.3, 0.4) is 0 Å². The summed E-state index contributed by atoms with van der Waals surface area (Å²) in [5.74, 6) is -0.596. The average molecular weight is 416 g/mol. The van der Waals surface area contributed by atoms with Gasteiger partial charge in [-0.15, -0.1) is 0 Å². The van der Waals surface area contributed by atoms with Gasteiger partial charge < -0.3 is 24.1 Å². The van der Waals surface area contributed by atoms with Crippen LogP contribution >= 0.6 is 0 Å². The topological polar surface area (TPSA) is 108 Å². The molecule has 2 aromatic rings. The van der Waals surface area contributed by atoms with E-state index >= 15 is 0 Å². The van der Waals surface area contributed by atoms with E-state index in [2.05, 4.69) is 0 Å². The van der Waals surface area contributed by atoms with Crippen molar-refractivity contribution in [2.45, 2.75) is 19.4 Å². The van der Waals surface area contributed by atoms with Crippen LogP contribution in [-0.2, 0) is 14.3 Å². The van der Waals surface area contributed by atoms with Gasteiger partial charge in [-0.2, -0.15) is 0 Å². The van der Waals surface area contributed by atoms with E-state index in [0.717, 1.165) is 0 Å². The molecule has 2 atom stereocenters. The number of ether oxygens (including phenoxy) is 4. The Kier molecular flexibility index (Phi) is 8.22. The summed E-state index contributed by atoms with van der Waals surface area (Å²) >= 11 is 0. The number of cyclic esters (lactones) is 1. The lowest BCUT2D eigenvalue weighted by Gasteiger charge is -2.10. The quantitative estimate of drug-likeness (QED) is 0.715. The largest absolute Gasteiger partial charge is 0.497 e. The zero-order valence-electron chi connectivity index (χ0n) is 17.0. The lowest BCUT2D eigenvalue weighted by molar-refractivity contribution is -0.145. The average Bonchev–Trinajstić information content (AvgIpc) is 3.09. The van der Waals surface area contributed by atoms with E-state index in [-0.39, 0.29) is 30.2 Å². The van der Waals surface area contributed by atoms with Crippen molar-refractivity contribution in [1.82, 2.24) is 0 Å². The van der Waals surface area contributed by atoms with Gasteiger partial charge in [0.05, 0.1) is 31.3 Å². The number of carboxylic acid groups (broad SMARTS) is 1. The highest BCUT2D eigenvalue weighted by Gasteiger charge is 2.31. The van der Waals surface area contributed by atoms with Gasteiger partial charge in [-0.05, 0) is 36.4 Å². The number of carbonyl (C=O) groups excluding carboxylic acids is 2. The zero-order chi connectivity index (χ0) is 22.1. The summed E-state index contributed by atoms with van der Waals surface area (Å²) in [5, 5.41) is 8.55. The van der Waals surface area contributed by atoms with Crippen LogP contribution in [0.2, 0.25) is 0 Å². The Hall–Kier alpha value is -3.55. The number of methoxy groups -OCH3 is 2. The van der Waals surface area contributed by atoms with E-state index in [1.807, 2.05) is 0 Å². The predicted octanol–water partition coefficient (Wildman–Crippen LogP) is 3.20. The first-order valence-corrected chi connectivity index (χ1v) is 9.23. The van der Waals surface area contributed by atoms with Crippen molar-refractivity contribution in [2.24, 2.45) is 5.92 Å². The first kappa shape index (κ1) is 22.7. The fourth-order valence-corrected chi connectivity index (χ4v) is 2.68. The van der Waals surface area contributed by atoms with Crippen molar-refractivity contribution in [3.63, 3.8) is 0 Å². The molecule has 160 valence electrons. The van der Waals surface area contributed by atoms with Crippen molar-refractivity contribution in [3.05, 3.63) is 59.7 Å². The molecule has 8 nitrogen and oxygen atoms in total. The lowest BCUT2D eigenvalue weighted by atomic mass is 10.1. The third-order valence-electron chi connectivity index (χ3n) is 4.32. The number of hydrogen-bond acceptors (Lipinski definition) is 7. The van der Waals surface area contributed by atoms with E-state index in [1.54, 1.807) is 43.3 Å². The van der Waals surface area contributed by atoms with Gasteiger partial charge in [-0.3, -0.25) is 4.79 Å². The van der Waals surface area contributed by atoms with E-state index < -0.39 is 11.9 Å². The number of esters is 2. The summed E-state index contributed by atoms with van der Waals surface area (Å²) in [5.41, 5.74) is 0.654. The number of carbonyl (C=O) groups is 3. The molecular weight excluding hydrogens is 392 g/mol. The van der Waals surface area contributed by atoms with E-state index in [4.69, 9.17) is 24.1 Å². The molecule has 1 fully saturated rings. The minimum absolute atomic E-state index is 0.0894. The molecule has 1 N–H and O–H groups in total. The third kappa shape index (κ3) is 6.51. The molecule has 1 aliphatic heterocycles. The molecule has 0 radical (unpaired) electrons. The summed E-state index contributed by atoms with van der Waals surface area (Å²) in [6.45, 7) is 1.89. The van der Waals surface area contributed by atoms with Gasteiger partial charge in [0, 0.05) is 6.42 Å². The van der Waals surface area contributed by atoms with Crippen LogP contribution in [0.1, 0.15) is 34.1 Å². The maximum atomic E-state index is 11.8. The summed E-state index contributed by atoms with van der Waals surface area (Å²) in [7, 11) is 3.03. The van der Waals surface area contributed by atoms with Gasteiger partial charge >= 0.3 is 17.9 Å². The second-order valence-corrected chi connectivity index (χ2v) is 6.56. The molecule has 0 saturated carbocycles. The second kappa shape index (κ2) is 10.8. The summed E-state index contributed by atoms with van der Waals surface area (Å²) in [6, 6.07) is 13.0. The molecular formula is C22H24O8. The Bertz CT molecular complexity index is 892. The number of benzene rings is 2. The van der Waals surface area contributed by atoms with Crippen LogP contribution in [0, 0.1) is 5.92 Å². The Labute approximate surface area is 174 Å². The zero-order valence-corrected chi connectivity index (χ0v) is 17.0. The molecule has 3 rings (SSSR count). The van der Waals surface area contributed by atoms with Crippen LogP contribution < -0.4 is 9.47 Å². The van der Waals surface area contributed by atoms with Gasteiger partial charge in [0.1, 0.15) is 24.2 Å². The van der Waals surface area contributed by atoms with Gasteiger partial charge in [-0.1, -0.05) is 19.1 Å². The molecule has 0 amide bonds. The highest BCUT2D eigenvalue weighted by Crippen LogP contribution is 2.21. The number of hydrogen-bond donors (Lipinski definition) is 1. The summed E-state index contributed by atoms with van der Waals surface area (Å²) in [4.78, 5) is 33.4. The Morgan fingerprint density at radius 3 is 2.10 bits per heavy atom. The molecule has 30 heavy (non-hydrogen) atoms. The number of aromatic carboxylic acids is 1. The highest BCUT2D eigenvalue weighted by atomic mass is 16.6. The second-order valence-electron chi connectivity index (χ2n) is 6.56. The van der Waals surface area contributed by atoms with Crippen molar-refractivity contribution in [1.29, 1.82) is 0 Å². The Balaban J connectivity index is 0.000000248. The summed E-state index contributed by atoms with van der Waals surface area (Å²) < 4.78 is 20.1. The minimum atomic E-state index is -0.941. The van der Waals surface area contributed by atoms with Crippen molar-refractivity contribution >= 4 is 17.9 Å². The molecule has 2 aromatic carbocycles. The molecule has 1 aliphatic rings. The minimum Gasteiger partial charge on any atom is -0.497 e. The molecule has 0 aliphatic carbocycles. The number of rotatable bonds is 6. The van der Waals surface area contributed by atoms with Gasteiger partial charge in [-0.25, -0.2) is 9.59 Å². The highest BCUT2D eigenvalue weighted by molar-refractivity contribution is 5.90. The maximum absolute atomic E-state index is 11.8. The number of carboxylic acids is 1. The van der Waals surface area contributed by atoms with Crippen LogP contribution in [0.4, 0.5) is 0 Å². The standard InChI is InChI=1S/C14H16O5.C8H8O3/c1-9-6-12(19-13(9)15)8-18-14(16)10-4-3-5-11(7-10)17-2;1-11-7-4-2-3-6(5-7)8(9)10/h3-5,7,9,12H,6,8H2,1-2H3;2-5H,1H3,(H,9,10). The van der Waals surface area contributed by atoms with E-state index in [0.29, 0.717) is 23.5 Å². The van der Waals surface area contributed by atoms with Gasteiger partial charge in [0.2, 0.25) is 0 Å². The Morgan fingerprint density at radius 2 is 1.60 bits per heavy atom.